The van der Waals surface area contributed by atoms with Crippen LogP contribution in [0.15, 0.2) is 22.8 Å². The Morgan fingerprint density at radius 2 is 2.25 bits per heavy atom. The van der Waals surface area contributed by atoms with Crippen molar-refractivity contribution in [3.63, 3.8) is 0 Å². The van der Waals surface area contributed by atoms with Gasteiger partial charge in [-0.1, -0.05) is 0 Å². The van der Waals surface area contributed by atoms with E-state index in [1.165, 1.54) is 0 Å². The highest BCUT2D eigenvalue weighted by molar-refractivity contribution is 9.10. The first-order valence-corrected chi connectivity index (χ1v) is 6.30. The van der Waals surface area contributed by atoms with Crippen LogP contribution in [-0.4, -0.2) is 29.8 Å². The summed E-state index contributed by atoms with van der Waals surface area (Å²) < 4.78 is 6.88. The SMILES string of the molecule is CC1CN(c2ccc(Br)cn2)CC(C)(C)O1. The molecule has 4 heteroatoms. The van der Waals surface area contributed by atoms with Crippen molar-refractivity contribution in [1.29, 1.82) is 0 Å². The van der Waals surface area contributed by atoms with E-state index < -0.39 is 0 Å². The summed E-state index contributed by atoms with van der Waals surface area (Å²) in [6.07, 6.45) is 2.08. The van der Waals surface area contributed by atoms with E-state index in [4.69, 9.17) is 4.74 Å². The number of pyridine rings is 1. The molecule has 0 saturated carbocycles. The summed E-state index contributed by atoms with van der Waals surface area (Å²) in [6.45, 7) is 8.12. The van der Waals surface area contributed by atoms with Crippen LogP contribution in [0.1, 0.15) is 20.8 Å². The maximum Gasteiger partial charge on any atom is 0.128 e. The molecule has 1 atom stereocenters. The van der Waals surface area contributed by atoms with Gasteiger partial charge in [0.15, 0.2) is 0 Å². The molecule has 1 aliphatic rings. The summed E-state index contributed by atoms with van der Waals surface area (Å²) in [5.74, 6) is 1.02. The number of rotatable bonds is 1. The molecule has 3 nitrogen and oxygen atoms in total. The van der Waals surface area contributed by atoms with Crippen LogP contribution in [0.4, 0.5) is 5.82 Å². The monoisotopic (exact) mass is 284 g/mol. The molecule has 2 heterocycles. The minimum Gasteiger partial charge on any atom is -0.369 e. The molecule has 0 radical (unpaired) electrons. The normalized spacial score (nSPS) is 24.5. The van der Waals surface area contributed by atoms with Crippen LogP contribution < -0.4 is 4.90 Å². The summed E-state index contributed by atoms with van der Waals surface area (Å²) in [7, 11) is 0. The van der Waals surface area contributed by atoms with Gasteiger partial charge in [0.05, 0.1) is 11.7 Å². The molecule has 2 rings (SSSR count). The Labute approximate surface area is 105 Å². The minimum atomic E-state index is -0.105. The van der Waals surface area contributed by atoms with Gasteiger partial charge in [0.2, 0.25) is 0 Å². The fraction of sp³-hybridized carbons (Fsp3) is 0.583. The molecular weight excluding hydrogens is 268 g/mol. The summed E-state index contributed by atoms with van der Waals surface area (Å²) in [6, 6.07) is 4.06. The predicted molar refractivity (Wildman–Crippen MR) is 68.8 cm³/mol. The van der Waals surface area contributed by atoms with E-state index in [1.807, 2.05) is 18.3 Å². The Bertz CT molecular complexity index is 364. The van der Waals surface area contributed by atoms with E-state index in [2.05, 4.69) is 46.6 Å². The summed E-state index contributed by atoms with van der Waals surface area (Å²) in [5.41, 5.74) is -0.105. The number of halogens is 1. The largest absolute Gasteiger partial charge is 0.369 e. The Morgan fingerprint density at radius 3 is 2.81 bits per heavy atom. The van der Waals surface area contributed by atoms with Crippen LogP contribution in [0, 0.1) is 0 Å². The first-order chi connectivity index (χ1) is 7.46. The first kappa shape index (κ1) is 11.9. The Hall–Kier alpha value is -0.610. The number of hydrogen-bond donors (Lipinski definition) is 0. The summed E-state index contributed by atoms with van der Waals surface area (Å²) >= 11 is 3.40. The van der Waals surface area contributed by atoms with Gasteiger partial charge >= 0.3 is 0 Å². The average molecular weight is 285 g/mol. The van der Waals surface area contributed by atoms with Crippen LogP contribution >= 0.6 is 15.9 Å². The molecule has 1 fully saturated rings. The predicted octanol–water partition coefficient (Wildman–Crippen LogP) is 2.85. The number of anilines is 1. The number of hydrogen-bond acceptors (Lipinski definition) is 3. The lowest BCUT2D eigenvalue weighted by Gasteiger charge is -2.42. The molecule has 1 aromatic rings. The fourth-order valence-electron chi connectivity index (χ4n) is 2.18. The van der Waals surface area contributed by atoms with Gasteiger partial charge in [-0.3, -0.25) is 0 Å². The molecule has 1 unspecified atom stereocenters. The van der Waals surface area contributed by atoms with E-state index in [0.717, 1.165) is 23.4 Å². The van der Waals surface area contributed by atoms with E-state index in [9.17, 15) is 0 Å². The van der Waals surface area contributed by atoms with Gasteiger partial charge in [-0.15, -0.1) is 0 Å². The average Bonchev–Trinajstić information content (AvgIpc) is 2.15. The van der Waals surface area contributed by atoms with E-state index in [0.29, 0.717) is 0 Å². The first-order valence-electron chi connectivity index (χ1n) is 5.51. The molecule has 0 bridgehead atoms. The summed E-state index contributed by atoms with van der Waals surface area (Å²) in [4.78, 5) is 6.70. The Kier molecular flexibility index (Phi) is 3.22. The zero-order valence-electron chi connectivity index (χ0n) is 9.90. The van der Waals surface area contributed by atoms with Crippen molar-refractivity contribution >= 4 is 21.7 Å². The minimum absolute atomic E-state index is 0.105. The maximum atomic E-state index is 5.87. The van der Waals surface area contributed by atoms with E-state index in [-0.39, 0.29) is 11.7 Å². The van der Waals surface area contributed by atoms with Gasteiger partial charge in [-0.25, -0.2) is 4.98 Å². The van der Waals surface area contributed by atoms with E-state index in [1.54, 1.807) is 0 Å². The topological polar surface area (TPSA) is 25.4 Å². The molecule has 1 aromatic heterocycles. The van der Waals surface area contributed by atoms with Gasteiger partial charge in [0.1, 0.15) is 5.82 Å². The lowest BCUT2D eigenvalue weighted by molar-refractivity contribution is -0.0751. The molecule has 0 aliphatic carbocycles. The van der Waals surface area contributed by atoms with Crippen molar-refractivity contribution in [3.8, 4) is 0 Å². The summed E-state index contributed by atoms with van der Waals surface area (Å²) in [5, 5.41) is 0. The van der Waals surface area contributed by atoms with Gasteiger partial charge in [0.25, 0.3) is 0 Å². The Balaban J connectivity index is 2.17. The molecule has 0 spiro atoms. The van der Waals surface area contributed by atoms with Crippen LogP contribution in [0.5, 0.6) is 0 Å². The Morgan fingerprint density at radius 1 is 1.50 bits per heavy atom. The molecule has 0 N–H and O–H groups in total. The number of ether oxygens (including phenoxy) is 1. The van der Waals surface area contributed by atoms with Crippen molar-refractivity contribution in [3.05, 3.63) is 22.8 Å². The second-order valence-corrected chi connectivity index (χ2v) is 5.82. The fourth-order valence-corrected chi connectivity index (χ4v) is 2.42. The molecule has 0 amide bonds. The van der Waals surface area contributed by atoms with Gasteiger partial charge < -0.3 is 9.64 Å². The number of nitrogens with zero attached hydrogens (tertiary/aromatic N) is 2. The molecule has 1 aliphatic heterocycles. The van der Waals surface area contributed by atoms with Gasteiger partial charge in [0, 0.05) is 23.8 Å². The smallest absolute Gasteiger partial charge is 0.128 e. The lowest BCUT2D eigenvalue weighted by atomic mass is 10.1. The van der Waals surface area contributed by atoms with Crippen LogP contribution in [0.25, 0.3) is 0 Å². The van der Waals surface area contributed by atoms with Crippen LogP contribution in [-0.2, 0) is 4.74 Å². The standard InChI is InChI=1S/C12H17BrN2O/c1-9-7-15(8-12(2,3)16-9)11-5-4-10(13)6-14-11/h4-6,9H,7-8H2,1-3H3. The van der Waals surface area contributed by atoms with Gasteiger partial charge in [-0.05, 0) is 48.8 Å². The van der Waals surface area contributed by atoms with Crippen molar-refractivity contribution in [2.45, 2.75) is 32.5 Å². The third kappa shape index (κ3) is 2.74. The molecule has 0 aromatic carbocycles. The van der Waals surface area contributed by atoms with Crippen molar-refractivity contribution in [2.24, 2.45) is 0 Å². The molecular formula is C12H17BrN2O. The van der Waals surface area contributed by atoms with Crippen molar-refractivity contribution < 1.29 is 4.74 Å². The van der Waals surface area contributed by atoms with Crippen molar-refractivity contribution in [1.82, 2.24) is 4.98 Å². The van der Waals surface area contributed by atoms with Crippen molar-refractivity contribution in [2.75, 3.05) is 18.0 Å². The quantitative estimate of drug-likeness (QED) is 0.793. The van der Waals surface area contributed by atoms with E-state index >= 15 is 0 Å². The molecule has 16 heavy (non-hydrogen) atoms. The molecule has 1 saturated heterocycles. The van der Waals surface area contributed by atoms with Crippen LogP contribution in [0.3, 0.4) is 0 Å². The second-order valence-electron chi connectivity index (χ2n) is 4.90. The number of morpholine rings is 1. The highest BCUT2D eigenvalue weighted by atomic mass is 79.9. The molecule has 88 valence electrons. The lowest BCUT2D eigenvalue weighted by Crippen LogP contribution is -2.52. The maximum absolute atomic E-state index is 5.87. The van der Waals surface area contributed by atoms with Gasteiger partial charge in [-0.2, -0.15) is 0 Å². The third-order valence-electron chi connectivity index (χ3n) is 2.61. The third-order valence-corrected chi connectivity index (χ3v) is 3.07. The second kappa shape index (κ2) is 4.34. The zero-order valence-corrected chi connectivity index (χ0v) is 11.5. The van der Waals surface area contributed by atoms with Crippen LogP contribution in [0.2, 0.25) is 0 Å². The zero-order chi connectivity index (χ0) is 11.8. The number of aromatic nitrogens is 1. The highest BCUT2D eigenvalue weighted by Crippen LogP contribution is 2.25. The highest BCUT2D eigenvalue weighted by Gasteiger charge is 2.31.